The molecule has 0 spiro atoms. The summed E-state index contributed by atoms with van der Waals surface area (Å²) in [5.74, 6) is 1.12. The van der Waals surface area contributed by atoms with Crippen LogP contribution >= 0.6 is 0 Å². The third-order valence-electron chi connectivity index (χ3n) is 5.25. The SMILES string of the molecule is Cc1ccccc1C(C(C)N)N1CC2CCC(O)C2C1. The summed E-state index contributed by atoms with van der Waals surface area (Å²) in [6, 6.07) is 8.92. The van der Waals surface area contributed by atoms with Gasteiger partial charge in [0.15, 0.2) is 0 Å². The summed E-state index contributed by atoms with van der Waals surface area (Å²) in [7, 11) is 0. The lowest BCUT2D eigenvalue weighted by atomic mass is 9.95. The number of hydrogen-bond donors (Lipinski definition) is 2. The van der Waals surface area contributed by atoms with Gasteiger partial charge in [-0.05, 0) is 43.7 Å². The Morgan fingerprint density at radius 2 is 2.00 bits per heavy atom. The van der Waals surface area contributed by atoms with E-state index in [4.69, 9.17) is 5.73 Å². The van der Waals surface area contributed by atoms with Crippen LogP contribution in [0.25, 0.3) is 0 Å². The van der Waals surface area contributed by atoms with Crippen LogP contribution in [0.15, 0.2) is 24.3 Å². The fraction of sp³-hybridized carbons (Fsp3) is 0.647. The Kier molecular flexibility index (Phi) is 3.85. The first kappa shape index (κ1) is 14.1. The van der Waals surface area contributed by atoms with Gasteiger partial charge in [0.25, 0.3) is 0 Å². The number of nitrogens with zero attached hydrogens (tertiary/aromatic N) is 1. The van der Waals surface area contributed by atoms with Crippen molar-refractivity contribution in [2.45, 2.75) is 44.9 Å². The first-order valence-corrected chi connectivity index (χ1v) is 7.81. The molecule has 1 aromatic rings. The maximum atomic E-state index is 10.1. The molecule has 3 heteroatoms. The third-order valence-corrected chi connectivity index (χ3v) is 5.25. The zero-order valence-corrected chi connectivity index (χ0v) is 12.5. The molecule has 3 nitrogen and oxygen atoms in total. The van der Waals surface area contributed by atoms with Crippen LogP contribution in [0.3, 0.4) is 0 Å². The number of rotatable bonds is 3. The topological polar surface area (TPSA) is 49.5 Å². The minimum absolute atomic E-state index is 0.101. The van der Waals surface area contributed by atoms with Gasteiger partial charge < -0.3 is 10.8 Å². The smallest absolute Gasteiger partial charge is 0.0583 e. The molecule has 1 aromatic carbocycles. The van der Waals surface area contributed by atoms with Gasteiger partial charge in [0.05, 0.1) is 6.10 Å². The summed E-state index contributed by atoms with van der Waals surface area (Å²) in [4.78, 5) is 2.50. The van der Waals surface area contributed by atoms with Crippen LogP contribution in [0.5, 0.6) is 0 Å². The second-order valence-corrected chi connectivity index (χ2v) is 6.68. The highest BCUT2D eigenvalue weighted by Crippen LogP contribution is 2.42. The highest BCUT2D eigenvalue weighted by atomic mass is 16.3. The van der Waals surface area contributed by atoms with Gasteiger partial charge in [0.2, 0.25) is 0 Å². The zero-order valence-electron chi connectivity index (χ0n) is 12.5. The Morgan fingerprint density at radius 1 is 1.25 bits per heavy atom. The molecule has 20 heavy (non-hydrogen) atoms. The van der Waals surface area contributed by atoms with Gasteiger partial charge in [-0.25, -0.2) is 0 Å². The van der Waals surface area contributed by atoms with Crippen LogP contribution in [-0.2, 0) is 0 Å². The van der Waals surface area contributed by atoms with Crippen molar-refractivity contribution in [3.8, 4) is 0 Å². The standard InChI is InChI=1S/C17H26N2O/c1-11-5-3-4-6-14(11)17(12(2)18)19-9-13-7-8-16(20)15(13)10-19/h3-6,12-13,15-17,20H,7-10,18H2,1-2H3. The minimum Gasteiger partial charge on any atom is -0.393 e. The molecule has 1 aliphatic carbocycles. The number of fused-ring (bicyclic) bond motifs is 1. The molecular weight excluding hydrogens is 248 g/mol. The molecule has 1 saturated heterocycles. The van der Waals surface area contributed by atoms with Gasteiger partial charge in [0.1, 0.15) is 0 Å². The van der Waals surface area contributed by atoms with Gasteiger partial charge in [-0.15, -0.1) is 0 Å². The summed E-state index contributed by atoms with van der Waals surface area (Å²) in [6.07, 6.45) is 2.05. The van der Waals surface area contributed by atoms with Gasteiger partial charge in [-0.2, -0.15) is 0 Å². The number of benzene rings is 1. The number of hydrogen-bond acceptors (Lipinski definition) is 3. The number of likely N-dealkylation sites (tertiary alicyclic amines) is 1. The van der Waals surface area contributed by atoms with Crippen molar-refractivity contribution in [3.05, 3.63) is 35.4 Å². The van der Waals surface area contributed by atoms with E-state index >= 15 is 0 Å². The predicted molar refractivity (Wildman–Crippen MR) is 81.4 cm³/mol. The highest BCUT2D eigenvalue weighted by Gasteiger charge is 2.44. The molecule has 5 unspecified atom stereocenters. The number of nitrogens with two attached hydrogens (primary N) is 1. The lowest BCUT2D eigenvalue weighted by molar-refractivity contribution is 0.115. The van der Waals surface area contributed by atoms with Crippen molar-refractivity contribution in [1.82, 2.24) is 4.90 Å². The molecule has 1 heterocycles. The van der Waals surface area contributed by atoms with Crippen LogP contribution in [0, 0.1) is 18.8 Å². The molecule has 2 fully saturated rings. The van der Waals surface area contributed by atoms with Crippen molar-refractivity contribution in [2.24, 2.45) is 17.6 Å². The Morgan fingerprint density at radius 3 is 2.65 bits per heavy atom. The molecule has 0 radical (unpaired) electrons. The third kappa shape index (κ3) is 2.39. The normalized spacial score (nSPS) is 33.1. The molecule has 0 aromatic heterocycles. The van der Waals surface area contributed by atoms with E-state index in [1.807, 2.05) is 0 Å². The molecular formula is C17H26N2O. The van der Waals surface area contributed by atoms with Crippen LogP contribution in [0.1, 0.15) is 36.9 Å². The van der Waals surface area contributed by atoms with Crippen LogP contribution in [-0.4, -0.2) is 35.2 Å². The Labute approximate surface area is 121 Å². The van der Waals surface area contributed by atoms with E-state index in [1.165, 1.54) is 17.5 Å². The summed E-state index contributed by atoms with van der Waals surface area (Å²) in [6.45, 7) is 6.34. The molecule has 1 aliphatic heterocycles. The van der Waals surface area contributed by atoms with E-state index in [2.05, 4.69) is 43.0 Å². The van der Waals surface area contributed by atoms with Gasteiger partial charge in [-0.1, -0.05) is 24.3 Å². The van der Waals surface area contributed by atoms with E-state index in [0.717, 1.165) is 19.5 Å². The van der Waals surface area contributed by atoms with E-state index in [-0.39, 0.29) is 18.2 Å². The quantitative estimate of drug-likeness (QED) is 0.887. The van der Waals surface area contributed by atoms with Crippen molar-refractivity contribution < 1.29 is 5.11 Å². The summed E-state index contributed by atoms with van der Waals surface area (Å²) in [5.41, 5.74) is 8.96. The van der Waals surface area contributed by atoms with Crippen LogP contribution < -0.4 is 5.73 Å². The maximum Gasteiger partial charge on any atom is 0.0583 e. The van der Waals surface area contributed by atoms with E-state index < -0.39 is 0 Å². The Balaban J connectivity index is 1.84. The molecule has 5 atom stereocenters. The second kappa shape index (κ2) is 5.47. The molecule has 3 N–H and O–H groups in total. The van der Waals surface area contributed by atoms with Crippen molar-refractivity contribution >= 4 is 0 Å². The molecule has 0 bridgehead atoms. The van der Waals surface area contributed by atoms with E-state index in [1.54, 1.807) is 0 Å². The van der Waals surface area contributed by atoms with Gasteiger partial charge in [0, 0.05) is 31.1 Å². The van der Waals surface area contributed by atoms with Crippen LogP contribution in [0.4, 0.5) is 0 Å². The highest BCUT2D eigenvalue weighted by molar-refractivity contribution is 5.30. The van der Waals surface area contributed by atoms with E-state index in [0.29, 0.717) is 11.8 Å². The molecule has 110 valence electrons. The second-order valence-electron chi connectivity index (χ2n) is 6.68. The Bertz CT molecular complexity index is 474. The first-order valence-electron chi connectivity index (χ1n) is 7.81. The molecule has 2 aliphatic rings. The minimum atomic E-state index is -0.101. The lowest BCUT2D eigenvalue weighted by Crippen LogP contribution is -2.39. The maximum absolute atomic E-state index is 10.1. The number of aliphatic hydroxyl groups excluding tert-OH is 1. The number of aryl methyl sites for hydroxylation is 1. The summed E-state index contributed by atoms with van der Waals surface area (Å²) in [5, 5.41) is 10.1. The van der Waals surface area contributed by atoms with Gasteiger partial charge >= 0.3 is 0 Å². The van der Waals surface area contributed by atoms with E-state index in [9.17, 15) is 5.11 Å². The molecule has 1 saturated carbocycles. The van der Waals surface area contributed by atoms with Gasteiger partial charge in [-0.3, -0.25) is 4.90 Å². The van der Waals surface area contributed by atoms with Crippen LogP contribution in [0.2, 0.25) is 0 Å². The zero-order chi connectivity index (χ0) is 14.3. The fourth-order valence-corrected chi connectivity index (χ4v) is 4.23. The van der Waals surface area contributed by atoms with Crippen molar-refractivity contribution in [3.63, 3.8) is 0 Å². The lowest BCUT2D eigenvalue weighted by Gasteiger charge is -2.33. The number of aliphatic hydroxyl groups is 1. The predicted octanol–water partition coefficient (Wildman–Crippen LogP) is 2.09. The molecule has 3 rings (SSSR count). The summed E-state index contributed by atoms with van der Waals surface area (Å²) >= 11 is 0. The first-order chi connectivity index (χ1) is 9.58. The molecule has 0 amide bonds. The fourth-order valence-electron chi connectivity index (χ4n) is 4.23. The average molecular weight is 274 g/mol. The largest absolute Gasteiger partial charge is 0.393 e. The van der Waals surface area contributed by atoms with Crippen molar-refractivity contribution in [1.29, 1.82) is 0 Å². The average Bonchev–Trinajstić information content (AvgIpc) is 2.95. The monoisotopic (exact) mass is 274 g/mol. The van der Waals surface area contributed by atoms with Crippen molar-refractivity contribution in [2.75, 3.05) is 13.1 Å². The Hall–Kier alpha value is -0.900. The summed E-state index contributed by atoms with van der Waals surface area (Å²) < 4.78 is 0.